The van der Waals surface area contributed by atoms with Gasteiger partial charge in [0.05, 0.1) is 10.7 Å². The summed E-state index contributed by atoms with van der Waals surface area (Å²) in [4.78, 5) is 25.4. The lowest BCUT2D eigenvalue weighted by molar-refractivity contribution is -0.132. The Bertz CT molecular complexity index is 674. The average Bonchev–Trinajstić information content (AvgIpc) is 3.09. The fourth-order valence-electron chi connectivity index (χ4n) is 3.90. The monoisotopic (exact) mass is 534 g/mol. The number of piperidine rings is 2. The molecule has 7 nitrogen and oxygen atoms in total. The first-order valence-corrected chi connectivity index (χ1v) is 11.3. The summed E-state index contributed by atoms with van der Waals surface area (Å²) in [5, 5.41) is 10.2. The zero-order valence-electron chi connectivity index (χ0n) is 17.8. The number of amides is 1. The molecule has 3 rings (SSSR count). The number of likely N-dealkylation sites (N-methyl/N-ethyl adjacent to an activating group) is 1. The van der Waals surface area contributed by atoms with E-state index in [1.54, 1.807) is 11.3 Å². The van der Waals surface area contributed by atoms with Gasteiger partial charge in [-0.2, -0.15) is 0 Å². The van der Waals surface area contributed by atoms with Gasteiger partial charge < -0.3 is 15.5 Å². The molecule has 9 heteroatoms. The minimum absolute atomic E-state index is 0. The highest BCUT2D eigenvalue weighted by molar-refractivity contribution is 14.0. The van der Waals surface area contributed by atoms with Gasteiger partial charge in [-0.3, -0.25) is 14.7 Å². The summed E-state index contributed by atoms with van der Waals surface area (Å²) in [6, 6.07) is 0.281. The van der Waals surface area contributed by atoms with E-state index >= 15 is 0 Å². The van der Waals surface area contributed by atoms with E-state index in [0.29, 0.717) is 12.3 Å². The van der Waals surface area contributed by atoms with Crippen molar-refractivity contribution in [3.63, 3.8) is 0 Å². The Morgan fingerprint density at radius 1 is 1.34 bits per heavy atom. The molecule has 0 radical (unpaired) electrons. The van der Waals surface area contributed by atoms with Gasteiger partial charge in [0, 0.05) is 51.1 Å². The highest BCUT2D eigenvalue weighted by atomic mass is 127. The van der Waals surface area contributed by atoms with E-state index < -0.39 is 0 Å². The quantitative estimate of drug-likeness (QED) is 0.334. The Morgan fingerprint density at radius 3 is 2.72 bits per heavy atom. The zero-order chi connectivity index (χ0) is 19.9. The van der Waals surface area contributed by atoms with Gasteiger partial charge >= 0.3 is 0 Å². The molecule has 0 spiro atoms. The molecule has 1 amide bonds. The lowest BCUT2D eigenvalue weighted by Gasteiger charge is -2.32. The highest BCUT2D eigenvalue weighted by Crippen LogP contribution is 2.20. The van der Waals surface area contributed by atoms with Gasteiger partial charge in [0.1, 0.15) is 0 Å². The first-order chi connectivity index (χ1) is 13.5. The van der Waals surface area contributed by atoms with E-state index in [2.05, 4.69) is 39.7 Å². The molecule has 2 N–H and O–H groups in total. The van der Waals surface area contributed by atoms with Crippen molar-refractivity contribution in [3.8, 4) is 0 Å². The maximum absolute atomic E-state index is 11.7. The molecule has 2 fully saturated rings. The van der Waals surface area contributed by atoms with Crippen molar-refractivity contribution < 1.29 is 4.79 Å². The summed E-state index contributed by atoms with van der Waals surface area (Å²) in [6.07, 6.45) is 3.87. The van der Waals surface area contributed by atoms with Crippen LogP contribution in [0.4, 0.5) is 0 Å². The van der Waals surface area contributed by atoms with Crippen LogP contribution in [0.25, 0.3) is 0 Å². The summed E-state index contributed by atoms with van der Waals surface area (Å²) >= 11 is 1.73. The second kappa shape index (κ2) is 12.0. The summed E-state index contributed by atoms with van der Waals surface area (Å²) in [6.45, 7) is 9.83. The van der Waals surface area contributed by atoms with Crippen LogP contribution in [0.3, 0.4) is 0 Å². The number of guanidine groups is 1. The molecule has 0 saturated carbocycles. The maximum atomic E-state index is 11.7. The van der Waals surface area contributed by atoms with Crippen LogP contribution in [-0.4, -0.2) is 72.5 Å². The van der Waals surface area contributed by atoms with E-state index in [1.165, 1.54) is 18.5 Å². The molecule has 3 heterocycles. The van der Waals surface area contributed by atoms with Crippen LogP contribution in [0.2, 0.25) is 0 Å². The van der Waals surface area contributed by atoms with Crippen LogP contribution < -0.4 is 10.6 Å². The van der Waals surface area contributed by atoms with E-state index in [9.17, 15) is 4.79 Å². The number of carbonyl (C=O) groups excluding carboxylic acids is 1. The fraction of sp³-hybridized carbons (Fsp3) is 0.750. The zero-order valence-corrected chi connectivity index (χ0v) is 21.0. The summed E-state index contributed by atoms with van der Waals surface area (Å²) in [5.41, 5.74) is 1.20. The van der Waals surface area contributed by atoms with Gasteiger partial charge in [0.25, 0.3) is 0 Å². The number of aromatic nitrogens is 1. The molecule has 2 aliphatic heterocycles. The average molecular weight is 535 g/mol. The second-order valence-electron chi connectivity index (χ2n) is 7.95. The Labute approximate surface area is 195 Å². The number of carbonyl (C=O) groups is 1. The number of hydrogen-bond acceptors (Lipinski definition) is 5. The fourth-order valence-corrected chi connectivity index (χ4v) is 4.50. The van der Waals surface area contributed by atoms with Gasteiger partial charge in [-0.25, -0.2) is 4.98 Å². The van der Waals surface area contributed by atoms with Crippen LogP contribution in [-0.2, 0) is 11.3 Å². The van der Waals surface area contributed by atoms with Crippen molar-refractivity contribution >= 4 is 47.2 Å². The number of aliphatic imine (C=N–C) groups is 1. The Balaban J connectivity index is 0.00000300. The van der Waals surface area contributed by atoms with E-state index in [0.717, 1.165) is 56.7 Å². The van der Waals surface area contributed by atoms with E-state index in [1.807, 2.05) is 11.9 Å². The number of halogens is 1. The van der Waals surface area contributed by atoms with E-state index in [4.69, 9.17) is 4.99 Å². The van der Waals surface area contributed by atoms with Crippen molar-refractivity contribution in [2.45, 2.75) is 52.1 Å². The summed E-state index contributed by atoms with van der Waals surface area (Å²) < 4.78 is 0. The highest BCUT2D eigenvalue weighted by Gasteiger charge is 2.24. The Hall–Kier alpha value is -0.940. The minimum Gasteiger partial charge on any atom is -0.357 e. The number of nitrogens with one attached hydrogen (secondary N) is 2. The van der Waals surface area contributed by atoms with Crippen LogP contribution >= 0.6 is 35.3 Å². The van der Waals surface area contributed by atoms with Gasteiger partial charge in [-0.15, -0.1) is 35.3 Å². The predicted octanol–water partition coefficient (Wildman–Crippen LogP) is 2.46. The van der Waals surface area contributed by atoms with Gasteiger partial charge in [0.15, 0.2) is 5.96 Å². The van der Waals surface area contributed by atoms with Crippen LogP contribution in [0.1, 0.15) is 43.3 Å². The third-order valence-electron chi connectivity index (χ3n) is 5.58. The van der Waals surface area contributed by atoms with Crippen LogP contribution in [0, 0.1) is 12.8 Å². The number of thiazole rings is 1. The van der Waals surface area contributed by atoms with Crippen molar-refractivity contribution in [3.05, 3.63) is 16.1 Å². The molecule has 0 aromatic carbocycles. The molecule has 164 valence electrons. The predicted molar refractivity (Wildman–Crippen MR) is 130 cm³/mol. The topological polar surface area (TPSA) is 72.9 Å². The van der Waals surface area contributed by atoms with Crippen molar-refractivity contribution in [2.24, 2.45) is 10.9 Å². The minimum atomic E-state index is 0. The molecular weight excluding hydrogens is 499 g/mol. The molecule has 1 unspecified atom stereocenters. The first-order valence-electron chi connectivity index (χ1n) is 10.5. The normalized spacial score (nSPS) is 21.8. The smallest absolute Gasteiger partial charge is 0.222 e. The number of nitrogens with zero attached hydrogens (tertiary/aromatic N) is 4. The van der Waals surface area contributed by atoms with Gasteiger partial charge in [-0.1, -0.05) is 0 Å². The molecule has 1 aromatic rings. The molecular formula is C20H35IN6OS. The van der Waals surface area contributed by atoms with Crippen LogP contribution in [0.15, 0.2) is 10.4 Å². The van der Waals surface area contributed by atoms with Gasteiger partial charge in [-0.05, 0) is 52.1 Å². The second-order valence-corrected chi connectivity index (χ2v) is 9.01. The number of aryl methyl sites for hydroxylation is 1. The van der Waals surface area contributed by atoms with Crippen molar-refractivity contribution in [2.75, 3.05) is 39.8 Å². The molecule has 1 aromatic heterocycles. The van der Waals surface area contributed by atoms with E-state index in [-0.39, 0.29) is 35.9 Å². The molecule has 1 atom stereocenters. The standard InChI is InChI=1S/C20H34N6OS.HI/c1-4-21-20(24-17-5-6-19(27)25(3)12-17)22-11-16-7-9-26(10-8-16)13-18-14-28-15(2)23-18;/h14,16-17H,4-13H2,1-3H3,(H2,21,22,24);1H. The van der Waals surface area contributed by atoms with Crippen molar-refractivity contribution in [1.82, 2.24) is 25.4 Å². The Morgan fingerprint density at radius 2 is 2.10 bits per heavy atom. The van der Waals surface area contributed by atoms with Crippen LogP contribution in [0.5, 0.6) is 0 Å². The lowest BCUT2D eigenvalue weighted by Crippen LogP contribution is -2.51. The lowest BCUT2D eigenvalue weighted by atomic mass is 9.97. The Kier molecular flexibility index (Phi) is 10.1. The number of rotatable bonds is 6. The number of hydrogen-bond donors (Lipinski definition) is 2. The first kappa shape index (κ1) is 24.3. The molecule has 29 heavy (non-hydrogen) atoms. The maximum Gasteiger partial charge on any atom is 0.222 e. The molecule has 2 aliphatic rings. The number of likely N-dealkylation sites (tertiary alicyclic amines) is 2. The summed E-state index contributed by atoms with van der Waals surface area (Å²) in [7, 11) is 1.88. The molecule has 0 bridgehead atoms. The largest absolute Gasteiger partial charge is 0.357 e. The van der Waals surface area contributed by atoms with Crippen molar-refractivity contribution in [1.29, 1.82) is 0 Å². The third-order valence-corrected chi connectivity index (χ3v) is 6.40. The summed E-state index contributed by atoms with van der Waals surface area (Å²) in [5.74, 6) is 1.76. The van der Waals surface area contributed by atoms with Gasteiger partial charge in [0.2, 0.25) is 5.91 Å². The SMILES string of the molecule is CCNC(=NCC1CCN(Cc2csc(C)n2)CC1)NC1CCC(=O)N(C)C1.I. The third kappa shape index (κ3) is 7.67. The molecule has 2 saturated heterocycles. The molecule has 0 aliphatic carbocycles.